The number of hydrogen-bond donors (Lipinski definition) is 0. The molecule has 3 nitrogen and oxygen atoms in total. The first-order valence-electron chi connectivity index (χ1n) is 4.36. The van der Waals surface area contributed by atoms with Gasteiger partial charge in [0.15, 0.2) is 0 Å². The highest BCUT2D eigenvalue weighted by molar-refractivity contribution is 9.10. The van der Waals surface area contributed by atoms with Crippen LogP contribution < -0.4 is 9.64 Å². The topological polar surface area (TPSA) is 29.5 Å². The number of amides is 1. The second-order valence-electron chi connectivity index (χ2n) is 3.11. The minimum Gasteiger partial charge on any atom is -0.496 e. The maximum absolute atomic E-state index is 11.2. The highest BCUT2D eigenvalue weighted by Gasteiger charge is 2.25. The summed E-state index contributed by atoms with van der Waals surface area (Å²) in [6.45, 7) is 0.817. The van der Waals surface area contributed by atoms with Crippen molar-refractivity contribution in [1.82, 2.24) is 0 Å². The summed E-state index contributed by atoms with van der Waals surface area (Å²) >= 11 is 3.39. The van der Waals surface area contributed by atoms with E-state index >= 15 is 0 Å². The van der Waals surface area contributed by atoms with Gasteiger partial charge in [-0.05, 0) is 34.1 Å². The number of anilines is 1. The standard InChI is InChI=1S/C10H10BrNO2/c1-14-9-3-2-7(6-8(9)11)12-5-4-10(12)13/h2-3,6H,4-5H2,1H3. The first kappa shape index (κ1) is 9.52. The summed E-state index contributed by atoms with van der Waals surface area (Å²) in [5.74, 6) is 0.962. The van der Waals surface area contributed by atoms with Crippen molar-refractivity contribution in [2.24, 2.45) is 0 Å². The molecule has 1 aromatic rings. The van der Waals surface area contributed by atoms with Crippen LogP contribution in [0.15, 0.2) is 22.7 Å². The summed E-state index contributed by atoms with van der Waals surface area (Å²) in [4.78, 5) is 12.9. The molecule has 1 aromatic carbocycles. The van der Waals surface area contributed by atoms with E-state index < -0.39 is 0 Å². The van der Waals surface area contributed by atoms with Crippen LogP contribution >= 0.6 is 15.9 Å². The van der Waals surface area contributed by atoms with Gasteiger partial charge in [-0.15, -0.1) is 0 Å². The van der Waals surface area contributed by atoms with Gasteiger partial charge in [0.1, 0.15) is 5.75 Å². The Balaban J connectivity index is 2.28. The Labute approximate surface area is 90.8 Å². The molecule has 0 radical (unpaired) electrons. The molecule has 1 aliphatic rings. The van der Waals surface area contributed by atoms with E-state index in [0.717, 1.165) is 22.5 Å². The molecule has 74 valence electrons. The van der Waals surface area contributed by atoms with Crippen molar-refractivity contribution in [3.8, 4) is 5.75 Å². The third kappa shape index (κ3) is 1.50. The van der Waals surface area contributed by atoms with Gasteiger partial charge in [-0.3, -0.25) is 4.79 Å². The Bertz CT molecular complexity index is 378. The lowest BCUT2D eigenvalue weighted by Crippen LogP contribution is -2.43. The molecule has 0 aromatic heterocycles. The maximum Gasteiger partial charge on any atom is 0.228 e. The molecule has 2 rings (SSSR count). The van der Waals surface area contributed by atoms with Crippen molar-refractivity contribution >= 4 is 27.5 Å². The molecule has 0 bridgehead atoms. The predicted octanol–water partition coefficient (Wildman–Crippen LogP) is 2.19. The molecule has 1 fully saturated rings. The molecular formula is C10H10BrNO2. The summed E-state index contributed by atoms with van der Waals surface area (Å²) < 4.78 is 5.98. The number of nitrogens with zero attached hydrogens (tertiary/aromatic N) is 1. The zero-order chi connectivity index (χ0) is 10.1. The zero-order valence-electron chi connectivity index (χ0n) is 7.79. The molecule has 0 aliphatic carbocycles. The van der Waals surface area contributed by atoms with Crippen molar-refractivity contribution in [2.75, 3.05) is 18.6 Å². The Morgan fingerprint density at radius 3 is 2.71 bits per heavy atom. The number of halogens is 1. The highest BCUT2D eigenvalue weighted by Crippen LogP contribution is 2.31. The monoisotopic (exact) mass is 255 g/mol. The van der Waals surface area contributed by atoms with Crippen LogP contribution in [0.4, 0.5) is 5.69 Å². The summed E-state index contributed by atoms with van der Waals surface area (Å²) in [6, 6.07) is 5.64. The van der Waals surface area contributed by atoms with Crippen molar-refractivity contribution in [3.63, 3.8) is 0 Å². The molecule has 1 saturated heterocycles. The minimum absolute atomic E-state index is 0.182. The van der Waals surface area contributed by atoms with E-state index in [1.54, 1.807) is 12.0 Å². The normalized spacial score (nSPS) is 15.3. The second kappa shape index (κ2) is 3.61. The first-order valence-corrected chi connectivity index (χ1v) is 5.15. The van der Waals surface area contributed by atoms with Crippen molar-refractivity contribution in [1.29, 1.82) is 0 Å². The maximum atomic E-state index is 11.2. The van der Waals surface area contributed by atoms with E-state index in [0.29, 0.717) is 6.42 Å². The van der Waals surface area contributed by atoms with Crippen molar-refractivity contribution in [3.05, 3.63) is 22.7 Å². The number of hydrogen-bond acceptors (Lipinski definition) is 2. The first-order chi connectivity index (χ1) is 6.72. The van der Waals surface area contributed by atoms with Crippen LogP contribution in [0, 0.1) is 0 Å². The lowest BCUT2D eigenvalue weighted by molar-refractivity contribution is -0.122. The molecule has 0 unspecified atom stereocenters. The molecule has 1 amide bonds. The second-order valence-corrected chi connectivity index (χ2v) is 3.97. The van der Waals surface area contributed by atoms with Crippen LogP contribution in [-0.4, -0.2) is 19.6 Å². The van der Waals surface area contributed by atoms with Crippen LogP contribution in [0.1, 0.15) is 6.42 Å². The number of β-lactam (4-membered cyclic amide) rings is 1. The minimum atomic E-state index is 0.182. The van der Waals surface area contributed by atoms with Crippen LogP contribution in [0.3, 0.4) is 0 Å². The number of rotatable bonds is 2. The average molecular weight is 256 g/mol. The highest BCUT2D eigenvalue weighted by atomic mass is 79.9. The molecule has 0 spiro atoms. The lowest BCUT2D eigenvalue weighted by Gasteiger charge is -2.30. The van der Waals surface area contributed by atoms with E-state index in [2.05, 4.69) is 15.9 Å². The number of carbonyl (C=O) groups excluding carboxylic acids is 1. The van der Waals surface area contributed by atoms with Gasteiger partial charge in [0.2, 0.25) is 5.91 Å². The largest absolute Gasteiger partial charge is 0.496 e. The predicted molar refractivity (Wildman–Crippen MR) is 57.7 cm³/mol. The Morgan fingerprint density at radius 2 is 2.29 bits per heavy atom. The lowest BCUT2D eigenvalue weighted by atomic mass is 10.1. The third-order valence-corrected chi connectivity index (χ3v) is 2.92. The van der Waals surface area contributed by atoms with Gasteiger partial charge in [-0.1, -0.05) is 0 Å². The summed E-state index contributed by atoms with van der Waals surface area (Å²) in [5, 5.41) is 0. The SMILES string of the molecule is COc1ccc(N2CCC2=O)cc1Br. The molecule has 14 heavy (non-hydrogen) atoms. The summed E-state index contributed by atoms with van der Waals surface area (Å²) in [5.41, 5.74) is 0.925. The fraction of sp³-hybridized carbons (Fsp3) is 0.300. The summed E-state index contributed by atoms with van der Waals surface area (Å²) in [6.07, 6.45) is 0.656. The van der Waals surface area contributed by atoms with E-state index in [9.17, 15) is 4.79 Å². The number of methoxy groups -OCH3 is 1. The number of benzene rings is 1. The van der Waals surface area contributed by atoms with Gasteiger partial charge >= 0.3 is 0 Å². The molecule has 0 N–H and O–H groups in total. The van der Waals surface area contributed by atoms with E-state index in [-0.39, 0.29) is 5.91 Å². The van der Waals surface area contributed by atoms with Gasteiger partial charge in [-0.2, -0.15) is 0 Å². The Morgan fingerprint density at radius 1 is 1.50 bits per heavy atom. The smallest absolute Gasteiger partial charge is 0.228 e. The van der Waals surface area contributed by atoms with Crippen molar-refractivity contribution in [2.45, 2.75) is 6.42 Å². The van der Waals surface area contributed by atoms with E-state index in [4.69, 9.17) is 4.74 Å². The van der Waals surface area contributed by atoms with Gasteiger partial charge in [0, 0.05) is 18.7 Å². The van der Waals surface area contributed by atoms with Crippen molar-refractivity contribution < 1.29 is 9.53 Å². The van der Waals surface area contributed by atoms with Gasteiger partial charge < -0.3 is 9.64 Å². The number of ether oxygens (including phenoxy) is 1. The van der Waals surface area contributed by atoms with Crippen LogP contribution in [0.5, 0.6) is 5.75 Å². The quantitative estimate of drug-likeness (QED) is 0.759. The Kier molecular flexibility index (Phi) is 2.46. The fourth-order valence-electron chi connectivity index (χ4n) is 1.41. The van der Waals surface area contributed by atoms with Gasteiger partial charge in [-0.25, -0.2) is 0 Å². The van der Waals surface area contributed by atoms with E-state index in [1.807, 2.05) is 18.2 Å². The average Bonchev–Trinajstić information content (AvgIpc) is 2.16. The van der Waals surface area contributed by atoms with E-state index in [1.165, 1.54) is 0 Å². The molecule has 1 heterocycles. The van der Waals surface area contributed by atoms with Crippen LogP contribution in [0.2, 0.25) is 0 Å². The van der Waals surface area contributed by atoms with Gasteiger partial charge in [0.25, 0.3) is 0 Å². The van der Waals surface area contributed by atoms with Crippen LogP contribution in [0.25, 0.3) is 0 Å². The fourth-order valence-corrected chi connectivity index (χ4v) is 1.94. The molecule has 0 atom stereocenters. The Hall–Kier alpha value is -1.03. The third-order valence-electron chi connectivity index (χ3n) is 2.30. The zero-order valence-corrected chi connectivity index (χ0v) is 9.37. The molecular weight excluding hydrogens is 246 g/mol. The molecule has 1 aliphatic heterocycles. The molecule has 4 heteroatoms. The van der Waals surface area contributed by atoms with Gasteiger partial charge in [0.05, 0.1) is 11.6 Å². The van der Waals surface area contributed by atoms with Crippen LogP contribution in [-0.2, 0) is 4.79 Å². The number of carbonyl (C=O) groups is 1. The summed E-state index contributed by atoms with van der Waals surface area (Å²) in [7, 11) is 1.62. The molecule has 0 saturated carbocycles.